The van der Waals surface area contributed by atoms with E-state index >= 15 is 0 Å². The molecule has 3 heterocycles. The van der Waals surface area contributed by atoms with Gasteiger partial charge >= 0.3 is 5.97 Å². The number of hydrogen-bond acceptors (Lipinski definition) is 6. The molecule has 1 N–H and O–H groups in total. The second-order valence-electron chi connectivity index (χ2n) is 7.12. The summed E-state index contributed by atoms with van der Waals surface area (Å²) in [6.07, 6.45) is 2.34. The van der Waals surface area contributed by atoms with Gasteiger partial charge < -0.3 is 19.1 Å². The van der Waals surface area contributed by atoms with E-state index in [1.807, 2.05) is 40.7 Å². The van der Waals surface area contributed by atoms with Crippen LogP contribution in [0.4, 0.5) is 0 Å². The van der Waals surface area contributed by atoms with Crippen LogP contribution in [0, 0.1) is 6.92 Å². The fraction of sp³-hybridized carbons (Fsp3) is 0.526. The third-order valence-corrected chi connectivity index (χ3v) is 5.21. The zero-order valence-electron chi connectivity index (χ0n) is 15.4. The number of aryl methyl sites for hydroxylation is 1. The predicted octanol–water partition coefficient (Wildman–Crippen LogP) is 1.61. The highest BCUT2D eigenvalue weighted by Crippen LogP contribution is 2.22. The molecule has 8 heteroatoms. The molecule has 1 aromatic carbocycles. The first-order valence-electron chi connectivity index (χ1n) is 9.29. The van der Waals surface area contributed by atoms with Crippen LogP contribution in [-0.2, 0) is 29.2 Å². The molecule has 2 unspecified atom stereocenters. The maximum Gasteiger partial charge on any atom is 0.322 e. The Kier molecular flexibility index (Phi) is 5.09. The van der Waals surface area contributed by atoms with Crippen molar-refractivity contribution in [2.75, 3.05) is 13.2 Å². The van der Waals surface area contributed by atoms with E-state index in [0.29, 0.717) is 26.2 Å². The molecule has 0 bridgehead atoms. The Morgan fingerprint density at radius 1 is 1.33 bits per heavy atom. The van der Waals surface area contributed by atoms with Gasteiger partial charge in [0.25, 0.3) is 0 Å². The van der Waals surface area contributed by atoms with Gasteiger partial charge in [0, 0.05) is 13.2 Å². The van der Waals surface area contributed by atoms with Gasteiger partial charge in [0.05, 0.1) is 19.2 Å². The molecule has 2 aromatic rings. The van der Waals surface area contributed by atoms with Crippen molar-refractivity contribution in [1.82, 2.24) is 19.7 Å². The Bertz CT molecular complexity index is 799. The number of rotatable bonds is 6. The Morgan fingerprint density at radius 2 is 2.15 bits per heavy atom. The van der Waals surface area contributed by atoms with Gasteiger partial charge in [0.1, 0.15) is 30.0 Å². The smallest absolute Gasteiger partial charge is 0.322 e. The first kappa shape index (κ1) is 17.9. The van der Waals surface area contributed by atoms with Crippen LogP contribution in [-0.4, -0.2) is 56.1 Å². The lowest BCUT2D eigenvalue weighted by Crippen LogP contribution is -2.47. The molecule has 2 aliphatic rings. The van der Waals surface area contributed by atoms with E-state index < -0.39 is 12.0 Å². The molecule has 0 amide bonds. The summed E-state index contributed by atoms with van der Waals surface area (Å²) in [5.41, 5.74) is 1.04. The normalized spacial score (nSPS) is 22.6. The lowest BCUT2D eigenvalue weighted by molar-refractivity contribution is -0.145. The van der Waals surface area contributed by atoms with Crippen LogP contribution in [0.2, 0.25) is 0 Å². The number of carboxylic acid groups (broad SMARTS) is 1. The topological polar surface area (TPSA) is 89.7 Å². The molecule has 0 spiro atoms. The lowest BCUT2D eigenvalue weighted by atomic mass is 10.1. The van der Waals surface area contributed by atoms with E-state index in [-0.39, 0.29) is 6.10 Å². The molecule has 0 saturated carbocycles. The lowest BCUT2D eigenvalue weighted by Gasteiger charge is -2.33. The number of aliphatic carboxylic acids is 1. The molecule has 0 radical (unpaired) electrons. The summed E-state index contributed by atoms with van der Waals surface area (Å²) in [5, 5.41) is 17.9. The Morgan fingerprint density at radius 3 is 2.85 bits per heavy atom. The molecule has 1 fully saturated rings. The van der Waals surface area contributed by atoms with Gasteiger partial charge in [-0.15, -0.1) is 10.2 Å². The van der Waals surface area contributed by atoms with Crippen molar-refractivity contribution < 1.29 is 19.4 Å². The molecular formula is C19H24N4O4. The molecule has 2 aliphatic heterocycles. The van der Waals surface area contributed by atoms with Crippen molar-refractivity contribution in [3.05, 3.63) is 41.5 Å². The molecule has 1 aromatic heterocycles. The van der Waals surface area contributed by atoms with Crippen LogP contribution in [0.15, 0.2) is 24.3 Å². The van der Waals surface area contributed by atoms with Crippen molar-refractivity contribution in [2.24, 2.45) is 0 Å². The standard InChI is InChI=1S/C19H24N4O4/c1-13-20-21-18-11-22(17(19(24)25)10-23(13)18)9-14-4-6-15(7-5-14)27-12-16-3-2-8-26-16/h4-7,16-17H,2-3,8-12H2,1H3,(H,24,25). The highest BCUT2D eigenvalue weighted by molar-refractivity contribution is 5.73. The number of aromatic nitrogens is 3. The Hall–Kier alpha value is -2.45. The molecule has 0 aliphatic carbocycles. The second kappa shape index (κ2) is 7.66. The van der Waals surface area contributed by atoms with Crippen LogP contribution in [0.25, 0.3) is 0 Å². The predicted molar refractivity (Wildman–Crippen MR) is 96.3 cm³/mol. The zero-order chi connectivity index (χ0) is 18.8. The largest absolute Gasteiger partial charge is 0.491 e. The average Bonchev–Trinajstić information content (AvgIpc) is 3.30. The van der Waals surface area contributed by atoms with Crippen LogP contribution in [0.5, 0.6) is 5.75 Å². The Labute approximate surface area is 157 Å². The van der Waals surface area contributed by atoms with E-state index in [0.717, 1.165) is 42.4 Å². The monoisotopic (exact) mass is 372 g/mol. The maximum absolute atomic E-state index is 11.7. The number of ether oxygens (including phenoxy) is 2. The van der Waals surface area contributed by atoms with E-state index in [2.05, 4.69) is 10.2 Å². The van der Waals surface area contributed by atoms with Crippen molar-refractivity contribution in [1.29, 1.82) is 0 Å². The average molecular weight is 372 g/mol. The minimum absolute atomic E-state index is 0.190. The van der Waals surface area contributed by atoms with Crippen molar-refractivity contribution in [3.63, 3.8) is 0 Å². The number of fused-ring (bicyclic) bond motifs is 1. The maximum atomic E-state index is 11.7. The number of benzene rings is 1. The van der Waals surface area contributed by atoms with Gasteiger partial charge in [-0.25, -0.2) is 0 Å². The molecule has 2 atom stereocenters. The summed E-state index contributed by atoms with van der Waals surface area (Å²) >= 11 is 0. The van der Waals surface area contributed by atoms with Gasteiger partial charge in [0.15, 0.2) is 0 Å². The highest BCUT2D eigenvalue weighted by atomic mass is 16.5. The minimum Gasteiger partial charge on any atom is -0.491 e. The van der Waals surface area contributed by atoms with Crippen molar-refractivity contribution in [3.8, 4) is 5.75 Å². The third-order valence-electron chi connectivity index (χ3n) is 5.21. The second-order valence-corrected chi connectivity index (χ2v) is 7.12. The molecular weight excluding hydrogens is 348 g/mol. The summed E-state index contributed by atoms with van der Waals surface area (Å²) in [4.78, 5) is 13.7. The van der Waals surface area contributed by atoms with Crippen LogP contribution in [0.3, 0.4) is 0 Å². The number of hydrogen-bond donors (Lipinski definition) is 1. The summed E-state index contributed by atoms with van der Waals surface area (Å²) in [5.74, 6) is 1.54. The summed E-state index contributed by atoms with van der Waals surface area (Å²) in [6.45, 7) is 4.61. The number of carbonyl (C=O) groups is 1. The van der Waals surface area contributed by atoms with Gasteiger partial charge in [-0.05, 0) is 37.5 Å². The molecule has 1 saturated heterocycles. The van der Waals surface area contributed by atoms with Crippen LogP contribution >= 0.6 is 0 Å². The number of nitrogens with zero attached hydrogens (tertiary/aromatic N) is 4. The van der Waals surface area contributed by atoms with Crippen molar-refractivity contribution >= 4 is 5.97 Å². The van der Waals surface area contributed by atoms with E-state index in [1.165, 1.54) is 0 Å². The van der Waals surface area contributed by atoms with Crippen LogP contribution in [0.1, 0.15) is 30.1 Å². The van der Waals surface area contributed by atoms with Crippen LogP contribution < -0.4 is 4.74 Å². The SMILES string of the molecule is Cc1nnc2n1CC(C(=O)O)N(Cc1ccc(OCC3CCCO3)cc1)C2. The Balaban J connectivity index is 1.40. The fourth-order valence-corrected chi connectivity index (χ4v) is 3.65. The van der Waals surface area contributed by atoms with Gasteiger partial charge in [-0.3, -0.25) is 9.69 Å². The molecule has 8 nitrogen and oxygen atoms in total. The summed E-state index contributed by atoms with van der Waals surface area (Å²) < 4.78 is 13.2. The molecule has 27 heavy (non-hydrogen) atoms. The van der Waals surface area contributed by atoms with Gasteiger partial charge in [-0.1, -0.05) is 12.1 Å². The van der Waals surface area contributed by atoms with Crippen molar-refractivity contribution in [2.45, 2.75) is 51.5 Å². The van der Waals surface area contributed by atoms with E-state index in [4.69, 9.17) is 9.47 Å². The fourth-order valence-electron chi connectivity index (χ4n) is 3.65. The molecule has 144 valence electrons. The van der Waals surface area contributed by atoms with E-state index in [9.17, 15) is 9.90 Å². The first-order valence-corrected chi connectivity index (χ1v) is 9.29. The summed E-state index contributed by atoms with van der Waals surface area (Å²) in [6, 6.07) is 7.22. The third kappa shape index (κ3) is 3.96. The zero-order valence-corrected chi connectivity index (χ0v) is 15.4. The minimum atomic E-state index is -0.828. The first-order chi connectivity index (χ1) is 13.1. The van der Waals surface area contributed by atoms with E-state index in [1.54, 1.807) is 0 Å². The highest BCUT2D eigenvalue weighted by Gasteiger charge is 2.33. The van der Waals surface area contributed by atoms with Gasteiger partial charge in [-0.2, -0.15) is 0 Å². The summed E-state index contributed by atoms with van der Waals surface area (Å²) in [7, 11) is 0. The van der Waals surface area contributed by atoms with Gasteiger partial charge in [0.2, 0.25) is 0 Å². The quantitative estimate of drug-likeness (QED) is 0.824. The number of carboxylic acids is 1. The molecule has 4 rings (SSSR count).